The maximum absolute atomic E-state index is 12.3. The van der Waals surface area contributed by atoms with Crippen molar-refractivity contribution in [1.82, 2.24) is 14.6 Å². The van der Waals surface area contributed by atoms with Crippen molar-refractivity contribution in [3.05, 3.63) is 44.7 Å². The van der Waals surface area contributed by atoms with Crippen LogP contribution in [-0.2, 0) is 25.5 Å². The lowest BCUT2D eigenvalue weighted by Gasteiger charge is -2.11. The van der Waals surface area contributed by atoms with E-state index in [2.05, 4.69) is 15.4 Å². The molecular weight excluding hydrogens is 432 g/mol. The van der Waals surface area contributed by atoms with Crippen molar-refractivity contribution in [3.8, 4) is 0 Å². The van der Waals surface area contributed by atoms with Gasteiger partial charge in [-0.25, -0.2) is 14.3 Å². The summed E-state index contributed by atoms with van der Waals surface area (Å²) in [7, 11) is 1.28. The topological polar surface area (TPSA) is 112 Å². The number of amides is 1. The smallest absolute Gasteiger partial charge is 0.341 e. The molecule has 3 rings (SSSR count). The Morgan fingerprint density at radius 2 is 1.88 bits per heavy atom. The van der Waals surface area contributed by atoms with Crippen molar-refractivity contribution in [3.63, 3.8) is 0 Å². The second kappa shape index (κ2) is 9.47. The van der Waals surface area contributed by atoms with E-state index in [1.807, 2.05) is 33.8 Å². The maximum atomic E-state index is 12.3. The lowest BCUT2D eigenvalue weighted by molar-refractivity contribution is -0.147. The van der Waals surface area contributed by atoms with Gasteiger partial charge in [-0.1, -0.05) is 0 Å². The van der Waals surface area contributed by atoms with Gasteiger partial charge in [0.15, 0.2) is 12.3 Å². The Bertz CT molecular complexity index is 1210. The number of rotatable bonds is 7. The fourth-order valence-electron chi connectivity index (χ4n) is 3.47. The third kappa shape index (κ3) is 4.80. The molecule has 0 aromatic carbocycles. The van der Waals surface area contributed by atoms with Crippen LogP contribution in [0, 0.1) is 34.6 Å². The Hall–Kier alpha value is -3.27. The molecule has 0 aliphatic rings. The van der Waals surface area contributed by atoms with Gasteiger partial charge in [0, 0.05) is 28.8 Å². The number of carbonyl (C=O) groups excluding carboxylic acids is 3. The Morgan fingerprint density at radius 1 is 1.16 bits per heavy atom. The zero-order valence-electron chi connectivity index (χ0n) is 19.0. The highest BCUT2D eigenvalue weighted by molar-refractivity contribution is 7.16. The molecule has 0 unspecified atom stereocenters. The first-order valence-electron chi connectivity index (χ1n) is 10.1. The van der Waals surface area contributed by atoms with E-state index in [9.17, 15) is 14.4 Å². The van der Waals surface area contributed by atoms with Gasteiger partial charge in [0.2, 0.25) is 0 Å². The van der Waals surface area contributed by atoms with Crippen molar-refractivity contribution < 1.29 is 23.9 Å². The fourth-order valence-corrected chi connectivity index (χ4v) is 4.54. The maximum Gasteiger partial charge on any atom is 0.341 e. The van der Waals surface area contributed by atoms with E-state index in [1.54, 1.807) is 11.4 Å². The molecule has 0 radical (unpaired) electrons. The summed E-state index contributed by atoms with van der Waals surface area (Å²) < 4.78 is 11.7. The van der Waals surface area contributed by atoms with Crippen molar-refractivity contribution in [2.75, 3.05) is 19.0 Å². The van der Waals surface area contributed by atoms with Crippen LogP contribution in [0.3, 0.4) is 0 Å². The highest BCUT2D eigenvalue weighted by Crippen LogP contribution is 2.32. The van der Waals surface area contributed by atoms with Crippen molar-refractivity contribution in [1.29, 1.82) is 0 Å². The van der Waals surface area contributed by atoms with Crippen molar-refractivity contribution >= 4 is 39.8 Å². The molecule has 1 amide bonds. The van der Waals surface area contributed by atoms with Crippen LogP contribution in [0.15, 0.2) is 6.07 Å². The molecule has 0 atom stereocenters. The number of nitrogens with one attached hydrogen (secondary N) is 1. The van der Waals surface area contributed by atoms with Gasteiger partial charge in [0.25, 0.3) is 5.91 Å². The summed E-state index contributed by atoms with van der Waals surface area (Å²) in [5.41, 5.74) is 5.38. The molecule has 0 saturated heterocycles. The average Bonchev–Trinajstić information content (AvgIpc) is 3.24. The third-order valence-electron chi connectivity index (χ3n) is 5.26. The van der Waals surface area contributed by atoms with Crippen LogP contribution < -0.4 is 5.32 Å². The first-order chi connectivity index (χ1) is 15.1. The zero-order valence-corrected chi connectivity index (χ0v) is 19.8. The van der Waals surface area contributed by atoms with E-state index < -0.39 is 24.5 Å². The molecule has 0 fully saturated rings. The Balaban J connectivity index is 1.58. The number of aryl methyl sites for hydroxylation is 4. The van der Waals surface area contributed by atoms with E-state index in [1.165, 1.54) is 18.4 Å². The molecule has 0 bridgehead atoms. The molecule has 1 N–H and O–H groups in total. The number of hydrogen-bond acceptors (Lipinski definition) is 8. The number of methoxy groups -OCH3 is 1. The molecule has 3 heterocycles. The summed E-state index contributed by atoms with van der Waals surface area (Å²) >= 11 is 1.27. The van der Waals surface area contributed by atoms with E-state index >= 15 is 0 Å². The van der Waals surface area contributed by atoms with Gasteiger partial charge in [-0.3, -0.25) is 9.59 Å². The Kier molecular flexibility index (Phi) is 6.93. The molecule has 0 aliphatic heterocycles. The van der Waals surface area contributed by atoms with E-state index in [4.69, 9.17) is 9.47 Å². The van der Waals surface area contributed by atoms with Crippen LogP contribution in [0.1, 0.15) is 49.9 Å². The second-order valence-corrected chi connectivity index (χ2v) is 8.73. The van der Waals surface area contributed by atoms with Gasteiger partial charge in [0.1, 0.15) is 5.00 Å². The number of aromatic nitrogens is 3. The van der Waals surface area contributed by atoms with Crippen molar-refractivity contribution in [2.24, 2.45) is 0 Å². The van der Waals surface area contributed by atoms with Gasteiger partial charge in [-0.2, -0.15) is 5.10 Å². The second-order valence-electron chi connectivity index (χ2n) is 7.50. The normalized spacial score (nSPS) is 10.9. The van der Waals surface area contributed by atoms with Crippen molar-refractivity contribution in [2.45, 2.75) is 47.5 Å². The number of hydrogen-bond donors (Lipinski definition) is 1. The summed E-state index contributed by atoms with van der Waals surface area (Å²) in [6.07, 6.45) is 0.531. The molecule has 0 spiro atoms. The first-order valence-corrected chi connectivity index (χ1v) is 10.9. The lowest BCUT2D eigenvalue weighted by Crippen LogP contribution is -2.22. The molecule has 10 heteroatoms. The highest BCUT2D eigenvalue weighted by atomic mass is 32.1. The minimum Gasteiger partial charge on any atom is -0.465 e. The molecule has 170 valence electrons. The lowest BCUT2D eigenvalue weighted by atomic mass is 10.1. The molecule has 0 aliphatic carbocycles. The number of anilines is 1. The average molecular weight is 459 g/mol. The standard InChI is InChI=1S/C22H26N4O5S/c1-11-9-17-23-13(3)16(14(4)26(17)25-11)7-8-19(28)31-10-18(27)24-21-20(22(29)30-6)12(2)15(5)32-21/h9H,7-8,10H2,1-6H3,(H,24,27). The number of nitrogens with zero attached hydrogens (tertiary/aromatic N) is 3. The summed E-state index contributed by atoms with van der Waals surface area (Å²) in [6, 6.07) is 1.90. The van der Waals surface area contributed by atoms with E-state index in [-0.39, 0.29) is 6.42 Å². The molecule has 3 aromatic rings. The van der Waals surface area contributed by atoms with Gasteiger partial charge in [-0.05, 0) is 52.2 Å². The van der Waals surface area contributed by atoms with E-state index in [0.29, 0.717) is 17.0 Å². The summed E-state index contributed by atoms with van der Waals surface area (Å²) in [5, 5.41) is 7.45. The van der Waals surface area contributed by atoms with Gasteiger partial charge in [0.05, 0.1) is 18.4 Å². The third-order valence-corrected chi connectivity index (χ3v) is 6.38. The zero-order chi connectivity index (χ0) is 23.6. The quantitative estimate of drug-likeness (QED) is 0.541. The Morgan fingerprint density at radius 3 is 2.56 bits per heavy atom. The number of fused-ring (bicyclic) bond motifs is 1. The van der Waals surface area contributed by atoms with Gasteiger partial charge in [-0.15, -0.1) is 11.3 Å². The van der Waals surface area contributed by atoms with E-state index in [0.717, 1.165) is 38.7 Å². The van der Waals surface area contributed by atoms with Crippen LogP contribution in [0.25, 0.3) is 5.65 Å². The molecule has 0 saturated carbocycles. The largest absolute Gasteiger partial charge is 0.465 e. The molecule has 3 aromatic heterocycles. The predicted molar refractivity (Wildman–Crippen MR) is 120 cm³/mol. The first kappa shape index (κ1) is 23.4. The van der Waals surface area contributed by atoms with Crippen LogP contribution in [0.5, 0.6) is 0 Å². The minimum atomic E-state index is -0.525. The minimum absolute atomic E-state index is 0.104. The van der Waals surface area contributed by atoms with Gasteiger partial charge < -0.3 is 14.8 Å². The number of thiophene rings is 1. The monoisotopic (exact) mass is 458 g/mol. The molecule has 9 nitrogen and oxygen atoms in total. The highest BCUT2D eigenvalue weighted by Gasteiger charge is 2.22. The Labute approximate surface area is 189 Å². The fraction of sp³-hybridized carbons (Fsp3) is 0.409. The summed E-state index contributed by atoms with van der Waals surface area (Å²) in [6.45, 7) is 8.93. The van der Waals surface area contributed by atoms with Crippen LogP contribution in [0.2, 0.25) is 0 Å². The summed E-state index contributed by atoms with van der Waals surface area (Å²) in [4.78, 5) is 41.9. The number of esters is 2. The summed E-state index contributed by atoms with van der Waals surface area (Å²) in [5.74, 6) is -1.54. The SMILES string of the molecule is COC(=O)c1c(NC(=O)COC(=O)CCc2c(C)nc3cc(C)nn3c2C)sc(C)c1C. The number of ether oxygens (including phenoxy) is 2. The predicted octanol–water partition coefficient (Wildman–Crippen LogP) is 3.23. The van der Waals surface area contributed by atoms with Crippen LogP contribution >= 0.6 is 11.3 Å². The molecule has 32 heavy (non-hydrogen) atoms. The molecular formula is C22H26N4O5S. The van der Waals surface area contributed by atoms with Gasteiger partial charge >= 0.3 is 11.9 Å². The van der Waals surface area contributed by atoms with Crippen LogP contribution in [-0.4, -0.2) is 46.2 Å². The van der Waals surface area contributed by atoms with Crippen LogP contribution in [0.4, 0.5) is 5.00 Å². The number of carbonyl (C=O) groups is 3.